The number of piperazine rings is 1. The average molecular weight is 366 g/mol. The SMILES string of the molecule is CCc1ccc2nc(N3CCN(C(=O)Cc4ccccc4)CC3)sc2c1. The first-order chi connectivity index (χ1) is 12.7. The Morgan fingerprint density at radius 2 is 1.81 bits per heavy atom. The van der Waals surface area contributed by atoms with Gasteiger partial charge in [0.05, 0.1) is 16.6 Å². The van der Waals surface area contributed by atoms with Crippen molar-refractivity contribution < 1.29 is 4.79 Å². The third kappa shape index (κ3) is 3.58. The van der Waals surface area contributed by atoms with Gasteiger partial charge in [-0.15, -0.1) is 0 Å². The predicted octanol–water partition coefficient (Wildman–Crippen LogP) is 3.75. The van der Waals surface area contributed by atoms with Crippen LogP contribution in [-0.2, 0) is 17.6 Å². The highest BCUT2D eigenvalue weighted by atomic mass is 32.1. The highest BCUT2D eigenvalue weighted by Crippen LogP contribution is 2.30. The molecule has 2 heterocycles. The molecule has 0 N–H and O–H groups in total. The molecule has 1 aliphatic heterocycles. The minimum Gasteiger partial charge on any atom is -0.345 e. The van der Waals surface area contributed by atoms with Gasteiger partial charge in [0, 0.05) is 26.2 Å². The Balaban J connectivity index is 1.39. The second kappa shape index (κ2) is 7.46. The second-order valence-corrected chi connectivity index (χ2v) is 7.69. The maximum absolute atomic E-state index is 12.5. The molecule has 1 aromatic heterocycles. The van der Waals surface area contributed by atoms with Crippen molar-refractivity contribution in [2.24, 2.45) is 0 Å². The number of anilines is 1. The van der Waals surface area contributed by atoms with Gasteiger partial charge in [-0.2, -0.15) is 0 Å². The number of carbonyl (C=O) groups is 1. The lowest BCUT2D eigenvalue weighted by molar-refractivity contribution is -0.130. The number of thiazole rings is 1. The summed E-state index contributed by atoms with van der Waals surface area (Å²) in [6.45, 7) is 5.40. The van der Waals surface area contributed by atoms with Crippen LogP contribution in [0.2, 0.25) is 0 Å². The summed E-state index contributed by atoms with van der Waals surface area (Å²) in [6.07, 6.45) is 1.53. The Kier molecular flexibility index (Phi) is 4.89. The Labute approximate surface area is 158 Å². The molecule has 134 valence electrons. The van der Waals surface area contributed by atoms with Gasteiger partial charge in [0.1, 0.15) is 0 Å². The van der Waals surface area contributed by atoms with Gasteiger partial charge in [-0.05, 0) is 29.7 Å². The van der Waals surface area contributed by atoms with Gasteiger partial charge in [0.25, 0.3) is 0 Å². The van der Waals surface area contributed by atoms with Gasteiger partial charge >= 0.3 is 0 Å². The number of nitrogens with zero attached hydrogens (tertiary/aromatic N) is 3. The van der Waals surface area contributed by atoms with E-state index >= 15 is 0 Å². The summed E-state index contributed by atoms with van der Waals surface area (Å²) in [5, 5.41) is 1.07. The van der Waals surface area contributed by atoms with Gasteiger partial charge in [-0.25, -0.2) is 4.98 Å². The monoisotopic (exact) mass is 365 g/mol. The molecule has 1 amide bonds. The third-order valence-electron chi connectivity index (χ3n) is 4.95. The van der Waals surface area contributed by atoms with Crippen molar-refractivity contribution in [3.63, 3.8) is 0 Å². The van der Waals surface area contributed by atoms with Crippen LogP contribution < -0.4 is 4.90 Å². The summed E-state index contributed by atoms with van der Waals surface area (Å²) in [5.74, 6) is 0.215. The molecule has 0 aliphatic carbocycles. The van der Waals surface area contributed by atoms with Crippen LogP contribution in [0.5, 0.6) is 0 Å². The van der Waals surface area contributed by atoms with E-state index in [4.69, 9.17) is 4.98 Å². The molecule has 0 spiro atoms. The first-order valence-electron chi connectivity index (χ1n) is 9.19. The average Bonchev–Trinajstić information content (AvgIpc) is 3.12. The number of amides is 1. The van der Waals surface area contributed by atoms with E-state index in [1.54, 1.807) is 11.3 Å². The summed E-state index contributed by atoms with van der Waals surface area (Å²) < 4.78 is 1.25. The first-order valence-corrected chi connectivity index (χ1v) is 10.0. The maximum Gasteiger partial charge on any atom is 0.227 e. The number of benzene rings is 2. The summed E-state index contributed by atoms with van der Waals surface area (Å²) in [4.78, 5) is 21.6. The highest BCUT2D eigenvalue weighted by molar-refractivity contribution is 7.22. The topological polar surface area (TPSA) is 36.4 Å². The van der Waals surface area contributed by atoms with Crippen molar-refractivity contribution >= 4 is 32.6 Å². The molecule has 2 aromatic carbocycles. The minimum absolute atomic E-state index is 0.215. The number of fused-ring (bicyclic) bond motifs is 1. The van der Waals surface area contributed by atoms with Crippen molar-refractivity contribution in [2.45, 2.75) is 19.8 Å². The molecule has 0 atom stereocenters. The van der Waals surface area contributed by atoms with E-state index in [1.165, 1.54) is 10.3 Å². The molecule has 26 heavy (non-hydrogen) atoms. The summed E-state index contributed by atoms with van der Waals surface area (Å²) >= 11 is 1.76. The van der Waals surface area contributed by atoms with Crippen LogP contribution in [0.3, 0.4) is 0 Å². The van der Waals surface area contributed by atoms with E-state index in [9.17, 15) is 4.79 Å². The molecular formula is C21H23N3OS. The van der Waals surface area contributed by atoms with Crippen LogP contribution in [0.15, 0.2) is 48.5 Å². The van der Waals surface area contributed by atoms with Crippen LogP contribution in [0, 0.1) is 0 Å². The van der Waals surface area contributed by atoms with Crippen molar-refractivity contribution in [2.75, 3.05) is 31.1 Å². The van der Waals surface area contributed by atoms with Gasteiger partial charge < -0.3 is 9.80 Å². The Morgan fingerprint density at radius 3 is 2.54 bits per heavy atom. The number of carbonyl (C=O) groups excluding carboxylic acids is 1. The van der Waals surface area contributed by atoms with E-state index < -0.39 is 0 Å². The van der Waals surface area contributed by atoms with Gasteiger partial charge in [0.15, 0.2) is 5.13 Å². The molecule has 1 saturated heterocycles. The predicted molar refractivity (Wildman–Crippen MR) is 108 cm³/mol. The van der Waals surface area contributed by atoms with Crippen molar-refractivity contribution in [1.29, 1.82) is 0 Å². The highest BCUT2D eigenvalue weighted by Gasteiger charge is 2.23. The summed E-state index contributed by atoms with van der Waals surface area (Å²) in [6, 6.07) is 16.5. The van der Waals surface area contributed by atoms with Crippen molar-refractivity contribution in [3.05, 3.63) is 59.7 Å². The van der Waals surface area contributed by atoms with Gasteiger partial charge in [-0.1, -0.05) is 54.7 Å². The molecule has 3 aromatic rings. The molecule has 5 heteroatoms. The molecule has 0 unspecified atom stereocenters. The Bertz CT molecular complexity index is 898. The van der Waals surface area contributed by atoms with Crippen LogP contribution in [0.4, 0.5) is 5.13 Å². The quantitative estimate of drug-likeness (QED) is 0.706. The van der Waals surface area contributed by atoms with E-state index in [1.807, 2.05) is 35.2 Å². The molecule has 4 nitrogen and oxygen atoms in total. The summed E-state index contributed by atoms with van der Waals surface area (Å²) in [5.41, 5.74) is 3.51. The summed E-state index contributed by atoms with van der Waals surface area (Å²) in [7, 11) is 0. The molecule has 0 radical (unpaired) electrons. The fraction of sp³-hybridized carbons (Fsp3) is 0.333. The lowest BCUT2D eigenvalue weighted by atomic mass is 10.1. The lowest BCUT2D eigenvalue weighted by Gasteiger charge is -2.34. The van der Waals surface area contributed by atoms with Crippen LogP contribution >= 0.6 is 11.3 Å². The van der Waals surface area contributed by atoms with E-state index in [0.717, 1.165) is 48.8 Å². The van der Waals surface area contributed by atoms with E-state index in [2.05, 4.69) is 30.0 Å². The Morgan fingerprint density at radius 1 is 1.04 bits per heavy atom. The number of aromatic nitrogens is 1. The number of rotatable bonds is 4. The fourth-order valence-corrected chi connectivity index (χ4v) is 4.42. The zero-order valence-corrected chi connectivity index (χ0v) is 15.8. The Hall–Kier alpha value is -2.40. The third-order valence-corrected chi connectivity index (χ3v) is 6.03. The lowest BCUT2D eigenvalue weighted by Crippen LogP contribution is -2.49. The van der Waals surface area contributed by atoms with Gasteiger partial charge in [0.2, 0.25) is 5.91 Å². The number of hydrogen-bond donors (Lipinski definition) is 0. The number of aryl methyl sites for hydroxylation is 1. The number of hydrogen-bond acceptors (Lipinski definition) is 4. The van der Waals surface area contributed by atoms with Crippen molar-refractivity contribution in [3.8, 4) is 0 Å². The fourth-order valence-electron chi connectivity index (χ4n) is 3.34. The van der Waals surface area contributed by atoms with E-state index in [0.29, 0.717) is 6.42 Å². The van der Waals surface area contributed by atoms with Crippen LogP contribution in [-0.4, -0.2) is 42.0 Å². The van der Waals surface area contributed by atoms with E-state index in [-0.39, 0.29) is 5.91 Å². The molecular weight excluding hydrogens is 342 g/mol. The van der Waals surface area contributed by atoms with Crippen LogP contribution in [0.1, 0.15) is 18.1 Å². The molecule has 1 aliphatic rings. The van der Waals surface area contributed by atoms with Crippen LogP contribution in [0.25, 0.3) is 10.2 Å². The minimum atomic E-state index is 0.215. The molecule has 0 saturated carbocycles. The second-order valence-electron chi connectivity index (χ2n) is 6.68. The normalized spacial score (nSPS) is 14.8. The molecule has 1 fully saturated rings. The maximum atomic E-state index is 12.5. The van der Waals surface area contributed by atoms with Gasteiger partial charge in [-0.3, -0.25) is 4.79 Å². The standard InChI is InChI=1S/C21H23N3OS/c1-2-16-8-9-18-19(14-16)26-21(22-18)24-12-10-23(11-13-24)20(25)15-17-6-4-3-5-7-17/h3-9,14H,2,10-13,15H2,1H3. The zero-order chi connectivity index (χ0) is 17.9. The largest absolute Gasteiger partial charge is 0.345 e. The first kappa shape index (κ1) is 17.0. The molecule has 0 bridgehead atoms. The smallest absolute Gasteiger partial charge is 0.227 e. The molecule has 4 rings (SSSR count). The van der Waals surface area contributed by atoms with Crippen molar-refractivity contribution in [1.82, 2.24) is 9.88 Å². The zero-order valence-electron chi connectivity index (χ0n) is 15.0.